The SMILES string of the molecule is CC.CCN1CC2CN(CC(C)(C)C)CC2C1. The van der Waals surface area contributed by atoms with Crippen molar-refractivity contribution in [1.82, 2.24) is 9.80 Å². The van der Waals surface area contributed by atoms with Crippen molar-refractivity contribution < 1.29 is 0 Å². The van der Waals surface area contributed by atoms with Crippen molar-refractivity contribution in [3.8, 4) is 0 Å². The van der Waals surface area contributed by atoms with Gasteiger partial charge in [-0.1, -0.05) is 41.5 Å². The largest absolute Gasteiger partial charge is 0.303 e. The van der Waals surface area contributed by atoms with Gasteiger partial charge in [0.25, 0.3) is 0 Å². The minimum Gasteiger partial charge on any atom is -0.303 e. The third-order valence-corrected chi connectivity index (χ3v) is 3.78. The number of likely N-dealkylation sites (tertiary alicyclic amines) is 2. The molecule has 2 fully saturated rings. The van der Waals surface area contributed by atoms with E-state index >= 15 is 0 Å². The van der Waals surface area contributed by atoms with Crippen LogP contribution in [0.3, 0.4) is 0 Å². The molecule has 0 radical (unpaired) electrons. The quantitative estimate of drug-likeness (QED) is 0.732. The minimum absolute atomic E-state index is 0.461. The Bertz CT molecular complexity index is 205. The summed E-state index contributed by atoms with van der Waals surface area (Å²) < 4.78 is 0. The predicted octanol–water partition coefficient (Wildman–Crippen LogP) is 2.94. The van der Waals surface area contributed by atoms with E-state index in [2.05, 4.69) is 37.5 Å². The van der Waals surface area contributed by atoms with Gasteiger partial charge in [-0.05, 0) is 23.8 Å². The summed E-state index contributed by atoms with van der Waals surface area (Å²) in [5.41, 5.74) is 0.461. The maximum atomic E-state index is 2.68. The molecule has 2 heterocycles. The lowest BCUT2D eigenvalue weighted by Gasteiger charge is -2.27. The Labute approximate surface area is 108 Å². The zero-order valence-electron chi connectivity index (χ0n) is 12.8. The molecule has 2 heteroatoms. The molecule has 2 saturated heterocycles. The standard InChI is InChI=1S/C13H26N2.C2H6/c1-5-14-6-11-8-15(9-12(11)7-14)10-13(2,3)4;1-2/h11-12H,5-10H2,1-4H3;1-2H3. The molecule has 0 N–H and O–H groups in total. The van der Waals surface area contributed by atoms with Crippen LogP contribution in [-0.4, -0.2) is 49.1 Å². The fraction of sp³-hybridized carbons (Fsp3) is 1.00. The fourth-order valence-corrected chi connectivity index (χ4v) is 3.25. The van der Waals surface area contributed by atoms with Crippen LogP contribution in [0, 0.1) is 17.3 Å². The van der Waals surface area contributed by atoms with Crippen LogP contribution in [0.4, 0.5) is 0 Å². The summed E-state index contributed by atoms with van der Waals surface area (Å²) in [6.07, 6.45) is 0. The highest BCUT2D eigenvalue weighted by molar-refractivity contribution is 4.93. The van der Waals surface area contributed by atoms with Crippen LogP contribution in [0.25, 0.3) is 0 Å². The molecule has 2 aliphatic heterocycles. The maximum Gasteiger partial charge on any atom is 0.00303 e. The minimum atomic E-state index is 0.461. The fourth-order valence-electron chi connectivity index (χ4n) is 3.25. The summed E-state index contributed by atoms with van der Waals surface area (Å²) >= 11 is 0. The number of hydrogen-bond donors (Lipinski definition) is 0. The van der Waals surface area contributed by atoms with Crippen LogP contribution in [0.15, 0.2) is 0 Å². The smallest absolute Gasteiger partial charge is 0.00303 e. The summed E-state index contributed by atoms with van der Waals surface area (Å²) in [5, 5.41) is 0. The average Bonchev–Trinajstić information content (AvgIpc) is 2.75. The molecule has 0 amide bonds. The number of rotatable bonds is 2. The molecule has 0 aliphatic carbocycles. The van der Waals surface area contributed by atoms with Crippen LogP contribution in [0.1, 0.15) is 41.5 Å². The third kappa shape index (κ3) is 4.26. The predicted molar refractivity (Wildman–Crippen MR) is 76.3 cm³/mol. The second-order valence-electron chi connectivity index (χ2n) is 6.63. The van der Waals surface area contributed by atoms with Crippen LogP contribution in [0.5, 0.6) is 0 Å². The Morgan fingerprint density at radius 1 is 0.882 bits per heavy atom. The highest BCUT2D eigenvalue weighted by atomic mass is 15.2. The van der Waals surface area contributed by atoms with E-state index in [9.17, 15) is 0 Å². The Morgan fingerprint density at radius 3 is 1.65 bits per heavy atom. The zero-order chi connectivity index (χ0) is 13.1. The normalized spacial score (nSPS) is 30.0. The molecule has 0 aromatic heterocycles. The van der Waals surface area contributed by atoms with Gasteiger partial charge in [0.1, 0.15) is 0 Å². The van der Waals surface area contributed by atoms with Gasteiger partial charge >= 0.3 is 0 Å². The van der Waals surface area contributed by atoms with Crippen molar-refractivity contribution in [2.45, 2.75) is 41.5 Å². The monoisotopic (exact) mass is 240 g/mol. The van der Waals surface area contributed by atoms with Crippen LogP contribution in [-0.2, 0) is 0 Å². The van der Waals surface area contributed by atoms with E-state index in [1.165, 1.54) is 39.3 Å². The Hall–Kier alpha value is -0.0800. The lowest BCUT2D eigenvalue weighted by atomic mass is 9.96. The van der Waals surface area contributed by atoms with E-state index in [0.717, 1.165) is 11.8 Å². The Morgan fingerprint density at radius 2 is 1.29 bits per heavy atom. The summed E-state index contributed by atoms with van der Waals surface area (Å²) in [6.45, 7) is 21.2. The summed E-state index contributed by atoms with van der Waals surface area (Å²) in [4.78, 5) is 5.30. The van der Waals surface area contributed by atoms with Gasteiger partial charge in [0, 0.05) is 32.7 Å². The number of hydrogen-bond acceptors (Lipinski definition) is 2. The second kappa shape index (κ2) is 6.19. The number of fused-ring (bicyclic) bond motifs is 1. The molecule has 2 unspecified atom stereocenters. The first kappa shape index (κ1) is 15.0. The highest BCUT2D eigenvalue weighted by Crippen LogP contribution is 2.32. The van der Waals surface area contributed by atoms with Gasteiger partial charge < -0.3 is 9.80 Å². The highest BCUT2D eigenvalue weighted by Gasteiger charge is 2.39. The summed E-state index contributed by atoms with van der Waals surface area (Å²) in [5.74, 6) is 1.93. The second-order valence-corrected chi connectivity index (χ2v) is 6.63. The summed E-state index contributed by atoms with van der Waals surface area (Å²) in [7, 11) is 0. The van der Waals surface area contributed by atoms with E-state index in [4.69, 9.17) is 0 Å². The molecule has 2 aliphatic rings. The van der Waals surface area contributed by atoms with Crippen LogP contribution in [0.2, 0.25) is 0 Å². The molecule has 0 aromatic carbocycles. The van der Waals surface area contributed by atoms with E-state index < -0.39 is 0 Å². The molecule has 2 atom stereocenters. The van der Waals surface area contributed by atoms with Gasteiger partial charge in [0.2, 0.25) is 0 Å². The van der Waals surface area contributed by atoms with Crippen molar-refractivity contribution in [2.75, 3.05) is 39.3 Å². The topological polar surface area (TPSA) is 6.48 Å². The van der Waals surface area contributed by atoms with Gasteiger partial charge in [-0.25, -0.2) is 0 Å². The maximum absolute atomic E-state index is 2.68. The third-order valence-electron chi connectivity index (χ3n) is 3.78. The molecule has 0 bridgehead atoms. The summed E-state index contributed by atoms with van der Waals surface area (Å²) in [6, 6.07) is 0. The molecule has 0 aromatic rings. The van der Waals surface area contributed by atoms with Gasteiger partial charge in [-0.2, -0.15) is 0 Å². The van der Waals surface area contributed by atoms with E-state index in [1.807, 2.05) is 13.8 Å². The molecule has 17 heavy (non-hydrogen) atoms. The molecule has 2 nitrogen and oxygen atoms in total. The molecule has 102 valence electrons. The Kier molecular flexibility index (Phi) is 5.46. The lowest BCUT2D eigenvalue weighted by molar-refractivity contribution is 0.199. The molecule has 0 saturated carbocycles. The molecular weight excluding hydrogens is 208 g/mol. The van der Waals surface area contributed by atoms with E-state index in [-0.39, 0.29) is 0 Å². The van der Waals surface area contributed by atoms with Gasteiger partial charge in [-0.15, -0.1) is 0 Å². The van der Waals surface area contributed by atoms with Gasteiger partial charge in [0.15, 0.2) is 0 Å². The van der Waals surface area contributed by atoms with Gasteiger partial charge in [0.05, 0.1) is 0 Å². The van der Waals surface area contributed by atoms with Crippen LogP contribution >= 0.6 is 0 Å². The number of nitrogens with zero attached hydrogens (tertiary/aromatic N) is 2. The lowest BCUT2D eigenvalue weighted by Crippen LogP contribution is -2.34. The van der Waals surface area contributed by atoms with E-state index in [1.54, 1.807) is 0 Å². The molecular formula is C15H32N2. The first-order valence-corrected chi connectivity index (χ1v) is 7.42. The zero-order valence-corrected chi connectivity index (χ0v) is 12.8. The first-order chi connectivity index (χ1) is 7.98. The van der Waals surface area contributed by atoms with Crippen molar-refractivity contribution in [1.29, 1.82) is 0 Å². The van der Waals surface area contributed by atoms with Crippen LogP contribution < -0.4 is 0 Å². The van der Waals surface area contributed by atoms with Crippen molar-refractivity contribution in [2.24, 2.45) is 17.3 Å². The van der Waals surface area contributed by atoms with E-state index in [0.29, 0.717) is 5.41 Å². The van der Waals surface area contributed by atoms with Crippen molar-refractivity contribution in [3.05, 3.63) is 0 Å². The molecule has 2 rings (SSSR count). The Balaban J connectivity index is 0.000000686. The van der Waals surface area contributed by atoms with Gasteiger partial charge in [-0.3, -0.25) is 0 Å². The van der Waals surface area contributed by atoms with Crippen molar-refractivity contribution >= 4 is 0 Å². The first-order valence-electron chi connectivity index (χ1n) is 7.42. The van der Waals surface area contributed by atoms with Crippen molar-refractivity contribution in [3.63, 3.8) is 0 Å². The molecule has 0 spiro atoms. The average molecular weight is 240 g/mol.